The van der Waals surface area contributed by atoms with Gasteiger partial charge in [-0.1, -0.05) is 6.07 Å². The van der Waals surface area contributed by atoms with Crippen molar-refractivity contribution in [2.45, 2.75) is 26.4 Å². The van der Waals surface area contributed by atoms with Crippen LogP contribution in [0.4, 0.5) is 10.5 Å². The zero-order valence-electron chi connectivity index (χ0n) is 9.66. The van der Waals surface area contributed by atoms with E-state index in [0.29, 0.717) is 6.61 Å². The number of carbonyl (C=O) groups is 1. The van der Waals surface area contributed by atoms with Crippen LogP contribution < -0.4 is 10.1 Å². The molecule has 4 nitrogen and oxygen atoms in total. The van der Waals surface area contributed by atoms with Gasteiger partial charge in [-0.25, -0.2) is 4.79 Å². The van der Waals surface area contributed by atoms with Gasteiger partial charge >= 0.3 is 6.09 Å². The van der Waals surface area contributed by atoms with Gasteiger partial charge < -0.3 is 9.47 Å². The normalized spacial score (nSPS) is 17.1. The van der Waals surface area contributed by atoms with E-state index in [1.807, 2.05) is 39.0 Å². The van der Waals surface area contributed by atoms with E-state index in [4.69, 9.17) is 9.47 Å². The molecular weight excluding hydrogens is 206 g/mol. The molecule has 1 heterocycles. The van der Waals surface area contributed by atoms with Gasteiger partial charge in [-0.3, -0.25) is 5.32 Å². The minimum absolute atomic E-state index is 0.425. The minimum Gasteiger partial charge on any atom is -0.493 e. The Bertz CT molecular complexity index is 426. The van der Waals surface area contributed by atoms with Crippen molar-refractivity contribution in [3.63, 3.8) is 0 Å². The first-order valence-corrected chi connectivity index (χ1v) is 5.31. The summed E-state index contributed by atoms with van der Waals surface area (Å²) in [6, 6.07) is 5.58. The fourth-order valence-electron chi connectivity index (χ4n) is 1.95. The highest BCUT2D eigenvalue weighted by atomic mass is 16.6. The zero-order chi connectivity index (χ0) is 11.8. The van der Waals surface area contributed by atoms with Gasteiger partial charge in [0.2, 0.25) is 0 Å². The Kier molecular flexibility index (Phi) is 2.50. The molecule has 0 atom stereocenters. The molecule has 0 fully saturated rings. The molecule has 0 saturated heterocycles. The summed E-state index contributed by atoms with van der Waals surface area (Å²) in [6.07, 6.45) is -0.425. The molecule has 0 radical (unpaired) electrons. The molecule has 1 aromatic carbocycles. The molecule has 1 aromatic rings. The van der Waals surface area contributed by atoms with Crippen LogP contribution in [0.15, 0.2) is 18.2 Å². The van der Waals surface area contributed by atoms with Gasteiger partial charge in [0.15, 0.2) is 0 Å². The Morgan fingerprint density at radius 3 is 2.88 bits per heavy atom. The summed E-state index contributed by atoms with van der Waals surface area (Å²) in [5.41, 5.74) is 0.979. The van der Waals surface area contributed by atoms with E-state index in [1.165, 1.54) is 0 Å². The van der Waals surface area contributed by atoms with Gasteiger partial charge in [0.1, 0.15) is 11.4 Å². The third-order valence-electron chi connectivity index (χ3n) is 2.51. The van der Waals surface area contributed by atoms with Crippen molar-refractivity contribution in [2.75, 3.05) is 11.9 Å². The quantitative estimate of drug-likeness (QED) is 0.835. The predicted molar refractivity (Wildman–Crippen MR) is 60.7 cm³/mol. The molecule has 1 aliphatic rings. The summed E-state index contributed by atoms with van der Waals surface area (Å²) < 4.78 is 10.8. The second-order valence-corrected chi connectivity index (χ2v) is 4.14. The average molecular weight is 221 g/mol. The highest BCUT2D eigenvalue weighted by molar-refractivity contribution is 5.89. The lowest BCUT2D eigenvalue weighted by atomic mass is 9.94. The molecule has 1 N–H and O–H groups in total. The van der Waals surface area contributed by atoms with E-state index in [0.717, 1.165) is 17.0 Å². The van der Waals surface area contributed by atoms with Crippen molar-refractivity contribution in [3.8, 4) is 5.75 Å². The highest BCUT2D eigenvalue weighted by Gasteiger charge is 2.36. The van der Waals surface area contributed by atoms with E-state index in [2.05, 4.69) is 5.32 Å². The van der Waals surface area contributed by atoms with E-state index >= 15 is 0 Å². The molecule has 0 bridgehead atoms. The maximum Gasteiger partial charge on any atom is 0.412 e. The molecule has 16 heavy (non-hydrogen) atoms. The van der Waals surface area contributed by atoms with Crippen LogP contribution in [0.1, 0.15) is 26.3 Å². The summed E-state index contributed by atoms with van der Waals surface area (Å²) in [6.45, 7) is 6.22. The third kappa shape index (κ3) is 1.71. The van der Waals surface area contributed by atoms with Crippen LogP contribution in [0.3, 0.4) is 0 Å². The summed E-state index contributed by atoms with van der Waals surface area (Å²) in [7, 11) is 0. The number of nitrogens with one attached hydrogen (secondary N) is 1. The van der Waals surface area contributed by atoms with Crippen LogP contribution in [0, 0.1) is 0 Å². The summed E-state index contributed by atoms with van der Waals surface area (Å²) in [4.78, 5) is 11.3. The molecule has 2 rings (SSSR count). The second-order valence-electron chi connectivity index (χ2n) is 4.14. The number of hydrogen-bond donors (Lipinski definition) is 1. The molecule has 0 unspecified atom stereocenters. The number of anilines is 1. The Morgan fingerprint density at radius 1 is 1.44 bits per heavy atom. The van der Waals surface area contributed by atoms with Crippen molar-refractivity contribution in [1.82, 2.24) is 0 Å². The molecule has 1 amide bonds. The van der Waals surface area contributed by atoms with Crippen molar-refractivity contribution in [1.29, 1.82) is 0 Å². The number of rotatable bonds is 2. The average Bonchev–Trinajstić information content (AvgIpc) is 2.15. The lowest BCUT2D eigenvalue weighted by molar-refractivity contribution is 0.0397. The number of hydrogen-bond acceptors (Lipinski definition) is 3. The second kappa shape index (κ2) is 3.70. The first-order valence-electron chi connectivity index (χ1n) is 5.31. The molecule has 0 spiro atoms. The van der Waals surface area contributed by atoms with Gasteiger partial charge in [0, 0.05) is 0 Å². The zero-order valence-corrected chi connectivity index (χ0v) is 9.66. The molecule has 1 aliphatic heterocycles. The maximum atomic E-state index is 11.3. The molecule has 4 heteroatoms. The number of fused-ring (bicyclic) bond motifs is 1. The third-order valence-corrected chi connectivity index (χ3v) is 2.51. The van der Waals surface area contributed by atoms with Crippen LogP contribution >= 0.6 is 0 Å². The lowest BCUT2D eigenvalue weighted by Crippen LogP contribution is -2.35. The van der Waals surface area contributed by atoms with Gasteiger partial charge in [-0.15, -0.1) is 0 Å². The lowest BCUT2D eigenvalue weighted by Gasteiger charge is -2.33. The van der Waals surface area contributed by atoms with Crippen LogP contribution in [-0.4, -0.2) is 12.7 Å². The Balaban J connectivity index is 2.54. The summed E-state index contributed by atoms with van der Waals surface area (Å²) in [5, 5.41) is 2.67. The predicted octanol–water partition coefficient (Wildman–Crippen LogP) is 2.88. The van der Waals surface area contributed by atoms with Crippen molar-refractivity contribution >= 4 is 11.8 Å². The first-order chi connectivity index (χ1) is 7.54. The van der Waals surface area contributed by atoms with E-state index in [1.54, 1.807) is 0 Å². The van der Waals surface area contributed by atoms with Gasteiger partial charge in [0.05, 0.1) is 17.9 Å². The van der Waals surface area contributed by atoms with Crippen LogP contribution in [0.25, 0.3) is 0 Å². The molecule has 0 aliphatic carbocycles. The molecular formula is C12H15NO3. The van der Waals surface area contributed by atoms with Crippen molar-refractivity contribution < 1.29 is 14.3 Å². The number of carbonyl (C=O) groups excluding carboxylic acids is 1. The SMILES string of the molecule is CCOc1cccc2c1C(C)(C)OC(=O)N2. The van der Waals surface area contributed by atoms with Gasteiger partial charge in [-0.2, -0.15) is 0 Å². The Hall–Kier alpha value is -1.71. The fraction of sp³-hybridized carbons (Fsp3) is 0.417. The van der Waals surface area contributed by atoms with Gasteiger partial charge in [0.25, 0.3) is 0 Å². The largest absolute Gasteiger partial charge is 0.493 e. The summed E-state index contributed by atoms with van der Waals surface area (Å²) in [5.74, 6) is 0.755. The van der Waals surface area contributed by atoms with Crippen molar-refractivity contribution in [2.24, 2.45) is 0 Å². The van der Waals surface area contributed by atoms with E-state index < -0.39 is 11.7 Å². The Labute approximate surface area is 94.6 Å². The standard InChI is InChI=1S/C12H15NO3/c1-4-15-9-7-5-6-8-10(9)12(2,3)16-11(14)13-8/h5-7H,4H2,1-3H3,(H,13,14). The number of amides is 1. The molecule has 86 valence electrons. The minimum atomic E-state index is -0.663. The smallest absolute Gasteiger partial charge is 0.412 e. The number of ether oxygens (including phenoxy) is 2. The topological polar surface area (TPSA) is 47.6 Å². The molecule has 0 saturated carbocycles. The number of benzene rings is 1. The van der Waals surface area contributed by atoms with Crippen LogP contribution in [-0.2, 0) is 10.3 Å². The number of cyclic esters (lactones) is 1. The van der Waals surface area contributed by atoms with Crippen LogP contribution in [0.2, 0.25) is 0 Å². The summed E-state index contributed by atoms with van der Waals surface area (Å²) >= 11 is 0. The van der Waals surface area contributed by atoms with E-state index in [-0.39, 0.29) is 0 Å². The van der Waals surface area contributed by atoms with E-state index in [9.17, 15) is 4.79 Å². The van der Waals surface area contributed by atoms with Gasteiger partial charge in [-0.05, 0) is 32.9 Å². The fourth-order valence-corrected chi connectivity index (χ4v) is 1.95. The maximum absolute atomic E-state index is 11.3. The molecule has 0 aromatic heterocycles. The first kappa shape index (κ1) is 10.8. The van der Waals surface area contributed by atoms with Crippen LogP contribution in [0.5, 0.6) is 5.75 Å². The highest BCUT2D eigenvalue weighted by Crippen LogP contribution is 2.41. The van der Waals surface area contributed by atoms with Crippen molar-refractivity contribution in [3.05, 3.63) is 23.8 Å². The monoisotopic (exact) mass is 221 g/mol. The Morgan fingerprint density at radius 2 is 2.19 bits per heavy atom.